The molecule has 1 atom stereocenters. The molecule has 0 saturated carbocycles. The van der Waals surface area contributed by atoms with Crippen molar-refractivity contribution in [1.82, 2.24) is 5.32 Å². The molecule has 0 fully saturated rings. The van der Waals surface area contributed by atoms with Gasteiger partial charge in [-0.1, -0.05) is 30.3 Å². The second-order valence-corrected chi connectivity index (χ2v) is 6.28. The topological polar surface area (TPSA) is 106 Å². The van der Waals surface area contributed by atoms with Crippen LogP contribution < -0.4 is 15.7 Å². The first-order valence-electron chi connectivity index (χ1n) is 8.58. The predicted octanol–water partition coefficient (Wildman–Crippen LogP) is 2.59. The van der Waals surface area contributed by atoms with Gasteiger partial charge in [0.15, 0.2) is 6.04 Å². The number of hydrogen-bond acceptors (Lipinski definition) is 5. The van der Waals surface area contributed by atoms with E-state index in [4.69, 9.17) is 9.15 Å². The summed E-state index contributed by atoms with van der Waals surface area (Å²) in [5.74, 6) is -1.22. The first-order valence-corrected chi connectivity index (χ1v) is 8.58. The average Bonchev–Trinajstić information content (AvgIpc) is 2.69. The SMILES string of the molecule is COc1ccc2c(C)c(CC(=O)NC(C(=O)O)c3ccccc3)c(=O)oc2c1. The molecule has 7 nitrogen and oxygen atoms in total. The Labute approximate surface area is 160 Å². The number of carboxylic acid groups (broad SMARTS) is 1. The summed E-state index contributed by atoms with van der Waals surface area (Å²) >= 11 is 0. The molecule has 144 valence electrons. The van der Waals surface area contributed by atoms with E-state index < -0.39 is 23.5 Å². The molecule has 0 aliphatic rings. The third-order valence-electron chi connectivity index (χ3n) is 4.52. The highest BCUT2D eigenvalue weighted by molar-refractivity contribution is 5.88. The number of fused-ring (bicyclic) bond motifs is 1. The molecule has 28 heavy (non-hydrogen) atoms. The zero-order valence-corrected chi connectivity index (χ0v) is 15.4. The number of aliphatic carboxylic acids is 1. The molecule has 1 amide bonds. The van der Waals surface area contributed by atoms with Crippen LogP contribution in [0.4, 0.5) is 0 Å². The number of ether oxygens (including phenoxy) is 1. The van der Waals surface area contributed by atoms with Crippen LogP contribution in [0.25, 0.3) is 11.0 Å². The number of rotatable bonds is 6. The van der Waals surface area contributed by atoms with Crippen molar-refractivity contribution in [1.29, 1.82) is 0 Å². The number of amides is 1. The maximum absolute atomic E-state index is 12.5. The lowest BCUT2D eigenvalue weighted by atomic mass is 10.0. The summed E-state index contributed by atoms with van der Waals surface area (Å²) < 4.78 is 10.4. The van der Waals surface area contributed by atoms with Crippen LogP contribution >= 0.6 is 0 Å². The van der Waals surface area contributed by atoms with Gasteiger partial charge in [-0.25, -0.2) is 9.59 Å². The van der Waals surface area contributed by atoms with E-state index in [1.165, 1.54) is 7.11 Å². The average molecular weight is 381 g/mol. The Balaban J connectivity index is 1.88. The van der Waals surface area contributed by atoms with E-state index in [2.05, 4.69) is 5.32 Å². The highest BCUT2D eigenvalue weighted by Crippen LogP contribution is 2.24. The molecular weight excluding hydrogens is 362 g/mol. The van der Waals surface area contributed by atoms with Gasteiger partial charge in [0.2, 0.25) is 5.91 Å². The largest absolute Gasteiger partial charge is 0.497 e. The van der Waals surface area contributed by atoms with Gasteiger partial charge >= 0.3 is 11.6 Å². The van der Waals surface area contributed by atoms with E-state index in [-0.39, 0.29) is 12.0 Å². The van der Waals surface area contributed by atoms with Gasteiger partial charge in [-0.3, -0.25) is 4.79 Å². The van der Waals surface area contributed by atoms with E-state index in [0.29, 0.717) is 27.8 Å². The third-order valence-corrected chi connectivity index (χ3v) is 4.52. The van der Waals surface area contributed by atoms with E-state index >= 15 is 0 Å². The lowest BCUT2D eigenvalue weighted by Crippen LogP contribution is -2.35. The fourth-order valence-electron chi connectivity index (χ4n) is 3.01. The van der Waals surface area contributed by atoms with Gasteiger partial charge < -0.3 is 19.6 Å². The molecule has 2 aromatic carbocycles. The maximum atomic E-state index is 12.5. The second kappa shape index (κ2) is 7.96. The van der Waals surface area contributed by atoms with Crippen molar-refractivity contribution in [2.45, 2.75) is 19.4 Å². The van der Waals surface area contributed by atoms with Crippen molar-refractivity contribution in [3.63, 3.8) is 0 Å². The molecule has 7 heteroatoms. The van der Waals surface area contributed by atoms with E-state index in [0.717, 1.165) is 0 Å². The number of methoxy groups -OCH3 is 1. The quantitative estimate of drug-likeness (QED) is 0.636. The second-order valence-electron chi connectivity index (χ2n) is 6.28. The monoisotopic (exact) mass is 381 g/mol. The lowest BCUT2D eigenvalue weighted by Gasteiger charge is -2.15. The summed E-state index contributed by atoms with van der Waals surface area (Å²) in [5.41, 5.74) is 0.958. The van der Waals surface area contributed by atoms with Crippen LogP contribution in [0.2, 0.25) is 0 Å². The Morgan fingerprint density at radius 2 is 1.89 bits per heavy atom. The van der Waals surface area contributed by atoms with Crippen LogP contribution in [-0.2, 0) is 16.0 Å². The minimum absolute atomic E-state index is 0.187. The summed E-state index contributed by atoms with van der Waals surface area (Å²) in [5, 5.41) is 12.6. The van der Waals surface area contributed by atoms with Gasteiger partial charge in [0.1, 0.15) is 11.3 Å². The molecule has 1 aromatic heterocycles. The van der Waals surface area contributed by atoms with Crippen molar-refractivity contribution in [2.75, 3.05) is 7.11 Å². The summed E-state index contributed by atoms with van der Waals surface area (Å²) in [6.07, 6.45) is -0.285. The van der Waals surface area contributed by atoms with Crippen LogP contribution in [-0.4, -0.2) is 24.1 Å². The number of hydrogen-bond donors (Lipinski definition) is 2. The number of benzene rings is 2. The van der Waals surface area contributed by atoms with E-state index in [9.17, 15) is 19.5 Å². The van der Waals surface area contributed by atoms with Gasteiger partial charge in [0.05, 0.1) is 19.1 Å². The van der Waals surface area contributed by atoms with Gasteiger partial charge in [0, 0.05) is 11.5 Å². The molecule has 0 radical (unpaired) electrons. The summed E-state index contributed by atoms with van der Waals surface area (Å²) in [4.78, 5) is 36.4. The van der Waals surface area contributed by atoms with Crippen LogP contribution in [0.1, 0.15) is 22.7 Å². The molecule has 0 aliphatic heterocycles. The molecular formula is C21H19NO6. The molecule has 1 heterocycles. The van der Waals surface area contributed by atoms with Crippen molar-refractivity contribution in [2.24, 2.45) is 0 Å². The Morgan fingerprint density at radius 3 is 2.54 bits per heavy atom. The van der Waals surface area contributed by atoms with Gasteiger partial charge in [-0.05, 0) is 30.2 Å². The minimum Gasteiger partial charge on any atom is -0.497 e. The van der Waals surface area contributed by atoms with Crippen molar-refractivity contribution in [3.05, 3.63) is 75.6 Å². The highest BCUT2D eigenvalue weighted by Gasteiger charge is 2.23. The molecule has 3 rings (SSSR count). The Kier molecular flexibility index (Phi) is 5.44. The molecule has 0 aliphatic carbocycles. The standard InChI is InChI=1S/C21H19NO6/c1-12-15-9-8-14(27-2)10-17(15)28-21(26)16(12)11-18(23)22-19(20(24)25)13-6-4-3-5-7-13/h3-10,19H,11H2,1-2H3,(H,22,23)(H,24,25). The fourth-order valence-corrected chi connectivity index (χ4v) is 3.01. The molecule has 0 spiro atoms. The Morgan fingerprint density at radius 1 is 1.18 bits per heavy atom. The van der Waals surface area contributed by atoms with Crippen LogP contribution in [0.3, 0.4) is 0 Å². The first kappa shape index (κ1) is 19.2. The van der Waals surface area contributed by atoms with Crippen molar-refractivity contribution in [3.8, 4) is 5.75 Å². The Bertz CT molecular complexity index is 1090. The number of aryl methyl sites for hydroxylation is 1. The zero-order valence-electron chi connectivity index (χ0n) is 15.4. The van der Waals surface area contributed by atoms with E-state index in [1.807, 2.05) is 0 Å². The van der Waals surface area contributed by atoms with Gasteiger partial charge in [-0.15, -0.1) is 0 Å². The maximum Gasteiger partial charge on any atom is 0.340 e. The van der Waals surface area contributed by atoms with Crippen LogP contribution in [0.5, 0.6) is 5.75 Å². The minimum atomic E-state index is -1.20. The number of nitrogens with one attached hydrogen (secondary N) is 1. The van der Waals surface area contributed by atoms with Gasteiger partial charge in [0.25, 0.3) is 0 Å². The van der Waals surface area contributed by atoms with Gasteiger partial charge in [-0.2, -0.15) is 0 Å². The lowest BCUT2D eigenvalue weighted by molar-refractivity contribution is -0.142. The number of carbonyl (C=O) groups is 2. The molecule has 0 saturated heterocycles. The fraction of sp³-hybridized carbons (Fsp3) is 0.190. The highest BCUT2D eigenvalue weighted by atomic mass is 16.5. The van der Waals surface area contributed by atoms with Crippen molar-refractivity contribution < 1.29 is 23.8 Å². The molecule has 3 aromatic rings. The molecule has 2 N–H and O–H groups in total. The Hall–Kier alpha value is -3.61. The smallest absolute Gasteiger partial charge is 0.340 e. The van der Waals surface area contributed by atoms with Crippen LogP contribution in [0, 0.1) is 6.92 Å². The van der Waals surface area contributed by atoms with Crippen LogP contribution in [0.15, 0.2) is 57.7 Å². The molecule has 0 bridgehead atoms. The predicted molar refractivity (Wildman–Crippen MR) is 102 cm³/mol. The summed E-state index contributed by atoms with van der Waals surface area (Å²) in [6.45, 7) is 1.72. The zero-order chi connectivity index (χ0) is 20.3. The van der Waals surface area contributed by atoms with Crippen molar-refractivity contribution >= 4 is 22.8 Å². The number of carbonyl (C=O) groups excluding carboxylic acids is 1. The van der Waals surface area contributed by atoms with E-state index in [1.54, 1.807) is 55.5 Å². The third kappa shape index (κ3) is 3.88. The first-order chi connectivity index (χ1) is 13.4. The number of carboxylic acids is 1. The summed E-state index contributed by atoms with van der Waals surface area (Å²) in [7, 11) is 1.51. The molecule has 1 unspecified atom stereocenters. The normalized spacial score (nSPS) is 11.8. The summed E-state index contributed by atoms with van der Waals surface area (Å²) in [6, 6.07) is 12.2.